The molecule has 0 radical (unpaired) electrons. The van der Waals surface area contributed by atoms with Crippen LogP contribution in [0, 0.1) is 18.3 Å². The molecule has 1 aliphatic heterocycles. The van der Waals surface area contributed by atoms with Crippen molar-refractivity contribution in [3.8, 4) is 12.3 Å². The molecular formula is C35H44N6O10S. The van der Waals surface area contributed by atoms with E-state index >= 15 is 0 Å². The van der Waals surface area contributed by atoms with Crippen LogP contribution in [0.2, 0.25) is 0 Å². The Morgan fingerprint density at radius 1 is 0.865 bits per heavy atom. The standard InChI is InChI=1S/C35H44N6O10S/c1-3-15-36-34(46)27-10-12-28(13-11-27)52(48,49)51-24-25(2)30(42)20-37-31(43)21-38-32(44)22-39-35(47)29(14-9-26-7-5-4-6-8-26)40-33(45)23-41-16-18-50-19-17-41/h1,4-8,10-13,25,29H,9,14-24H2,2H3,(H,36,46)(H,37,43)(H,38,44)(H,39,47)(H,40,45). The van der Waals surface area contributed by atoms with Crippen molar-refractivity contribution < 1.29 is 46.1 Å². The van der Waals surface area contributed by atoms with Gasteiger partial charge in [-0.3, -0.25) is 37.9 Å². The van der Waals surface area contributed by atoms with Gasteiger partial charge < -0.3 is 31.3 Å². The Morgan fingerprint density at radius 2 is 1.50 bits per heavy atom. The van der Waals surface area contributed by atoms with E-state index in [0.717, 1.165) is 5.56 Å². The summed E-state index contributed by atoms with van der Waals surface area (Å²) in [6, 6.07) is 13.5. The second-order valence-corrected chi connectivity index (χ2v) is 13.4. The Bertz CT molecular complexity index is 1690. The number of carbonyl (C=O) groups excluding carboxylic acids is 6. The minimum atomic E-state index is -4.25. The van der Waals surface area contributed by atoms with E-state index in [0.29, 0.717) is 39.1 Å². The molecular weight excluding hydrogens is 696 g/mol. The molecule has 0 spiro atoms. The lowest BCUT2D eigenvalue weighted by Crippen LogP contribution is -2.52. The van der Waals surface area contributed by atoms with Crippen LogP contribution in [0.25, 0.3) is 0 Å². The molecule has 17 heteroatoms. The molecule has 1 aliphatic rings. The first-order valence-corrected chi connectivity index (χ1v) is 18.0. The number of nitrogens with zero attached hydrogens (tertiary/aromatic N) is 1. The number of amides is 5. The summed E-state index contributed by atoms with van der Waals surface area (Å²) in [7, 11) is -4.25. The minimum absolute atomic E-state index is 0.0129. The number of hydrogen-bond donors (Lipinski definition) is 5. The first-order valence-electron chi connectivity index (χ1n) is 16.6. The summed E-state index contributed by atoms with van der Waals surface area (Å²) in [5.74, 6) is -1.93. The van der Waals surface area contributed by atoms with Crippen LogP contribution in [-0.2, 0) is 49.4 Å². The molecule has 2 aromatic carbocycles. The highest BCUT2D eigenvalue weighted by atomic mass is 32.2. The maximum absolute atomic E-state index is 13.0. The average molecular weight is 741 g/mol. The van der Waals surface area contributed by atoms with Crippen LogP contribution in [0.3, 0.4) is 0 Å². The predicted octanol–water partition coefficient (Wildman–Crippen LogP) is -1.24. The molecule has 52 heavy (non-hydrogen) atoms. The number of terminal acetylenes is 1. The zero-order valence-corrected chi connectivity index (χ0v) is 29.7. The van der Waals surface area contributed by atoms with E-state index in [-0.39, 0.29) is 29.5 Å². The van der Waals surface area contributed by atoms with E-state index in [9.17, 15) is 37.2 Å². The van der Waals surface area contributed by atoms with Gasteiger partial charge in [-0.1, -0.05) is 43.2 Å². The molecule has 2 aromatic rings. The van der Waals surface area contributed by atoms with Gasteiger partial charge in [-0.05, 0) is 42.7 Å². The van der Waals surface area contributed by atoms with Gasteiger partial charge in [-0.25, -0.2) is 0 Å². The number of carbonyl (C=O) groups is 6. The van der Waals surface area contributed by atoms with Gasteiger partial charge in [-0.2, -0.15) is 8.42 Å². The predicted molar refractivity (Wildman–Crippen MR) is 188 cm³/mol. The van der Waals surface area contributed by atoms with Crippen LogP contribution in [0.4, 0.5) is 0 Å². The molecule has 5 amide bonds. The van der Waals surface area contributed by atoms with Crippen molar-refractivity contribution in [1.29, 1.82) is 0 Å². The molecule has 0 bridgehead atoms. The smallest absolute Gasteiger partial charge is 0.296 e. The van der Waals surface area contributed by atoms with Gasteiger partial charge in [0.05, 0.1) is 57.4 Å². The molecule has 1 fully saturated rings. The molecule has 2 atom stereocenters. The molecule has 16 nitrogen and oxygen atoms in total. The van der Waals surface area contributed by atoms with Gasteiger partial charge in [0.25, 0.3) is 16.0 Å². The molecule has 0 saturated carbocycles. The lowest BCUT2D eigenvalue weighted by molar-refractivity contribution is -0.131. The van der Waals surface area contributed by atoms with E-state index in [1.807, 2.05) is 35.2 Å². The molecule has 1 saturated heterocycles. The summed E-state index contributed by atoms with van der Waals surface area (Å²) >= 11 is 0. The second kappa shape index (κ2) is 21.3. The quantitative estimate of drug-likeness (QED) is 0.0799. The van der Waals surface area contributed by atoms with Crippen LogP contribution in [0.15, 0.2) is 59.5 Å². The Hall–Kier alpha value is -5.15. The molecule has 1 heterocycles. The topological polar surface area (TPSA) is 218 Å². The van der Waals surface area contributed by atoms with Gasteiger partial charge in [0.1, 0.15) is 6.04 Å². The monoisotopic (exact) mass is 740 g/mol. The number of Topliss-reactive ketones (excluding diaryl/α,β-unsaturated/α-hetero) is 1. The molecule has 0 aromatic heterocycles. The third-order valence-corrected chi connectivity index (χ3v) is 9.09. The van der Waals surface area contributed by atoms with Crippen LogP contribution >= 0.6 is 0 Å². The van der Waals surface area contributed by atoms with Gasteiger partial charge in [0.15, 0.2) is 5.78 Å². The van der Waals surface area contributed by atoms with Crippen LogP contribution in [0.1, 0.15) is 29.3 Å². The van der Waals surface area contributed by atoms with Crippen molar-refractivity contribution in [3.63, 3.8) is 0 Å². The SMILES string of the molecule is C#CCNC(=O)c1ccc(S(=O)(=O)OCC(C)C(=O)CNC(=O)CNC(=O)CNC(=O)C(CCc2ccccc2)NC(=O)CN2CCOCC2)cc1. The number of aryl methyl sites for hydroxylation is 1. The molecule has 280 valence electrons. The Morgan fingerprint density at radius 3 is 2.15 bits per heavy atom. The zero-order chi connectivity index (χ0) is 37.9. The third kappa shape index (κ3) is 14.6. The molecule has 5 N–H and O–H groups in total. The lowest BCUT2D eigenvalue weighted by Gasteiger charge is -2.27. The number of rotatable bonds is 20. The van der Waals surface area contributed by atoms with Gasteiger partial charge in [0, 0.05) is 24.6 Å². The summed E-state index contributed by atoms with van der Waals surface area (Å²) in [6.45, 7) is 1.87. The van der Waals surface area contributed by atoms with Crippen molar-refractivity contribution in [2.75, 3.05) is 65.6 Å². The maximum atomic E-state index is 13.0. The first kappa shape index (κ1) is 41.3. The highest BCUT2D eigenvalue weighted by molar-refractivity contribution is 7.86. The normalized spacial score (nSPS) is 14.2. The number of ketones is 1. The van der Waals surface area contributed by atoms with E-state index in [1.54, 1.807) is 0 Å². The van der Waals surface area contributed by atoms with Crippen molar-refractivity contribution >= 4 is 45.4 Å². The van der Waals surface area contributed by atoms with E-state index in [4.69, 9.17) is 15.3 Å². The number of benzene rings is 2. The largest absolute Gasteiger partial charge is 0.379 e. The number of ether oxygens (including phenoxy) is 1. The van der Waals surface area contributed by atoms with Crippen LogP contribution in [-0.4, -0.2) is 120 Å². The molecule has 0 aliphatic carbocycles. The summed E-state index contributed by atoms with van der Waals surface area (Å²) in [5.41, 5.74) is 1.17. The Balaban J connectivity index is 1.38. The third-order valence-electron chi connectivity index (χ3n) is 7.80. The van der Waals surface area contributed by atoms with E-state index in [1.165, 1.54) is 31.2 Å². The Kier molecular flexibility index (Phi) is 16.9. The van der Waals surface area contributed by atoms with Gasteiger partial charge in [-0.15, -0.1) is 6.42 Å². The average Bonchev–Trinajstić information content (AvgIpc) is 3.15. The highest BCUT2D eigenvalue weighted by Gasteiger charge is 2.24. The van der Waals surface area contributed by atoms with E-state index in [2.05, 4.69) is 32.5 Å². The number of nitrogens with one attached hydrogen (secondary N) is 5. The zero-order valence-electron chi connectivity index (χ0n) is 28.9. The fourth-order valence-electron chi connectivity index (χ4n) is 4.74. The summed E-state index contributed by atoms with van der Waals surface area (Å²) in [5, 5.41) is 12.4. The second-order valence-electron chi connectivity index (χ2n) is 11.8. The van der Waals surface area contributed by atoms with Gasteiger partial charge in [0.2, 0.25) is 23.6 Å². The van der Waals surface area contributed by atoms with Crippen molar-refractivity contribution in [2.45, 2.75) is 30.7 Å². The number of hydrogen-bond acceptors (Lipinski definition) is 11. The fraction of sp³-hybridized carbons (Fsp3) is 0.429. The van der Waals surface area contributed by atoms with Crippen LogP contribution < -0.4 is 26.6 Å². The first-order chi connectivity index (χ1) is 24.9. The van der Waals surface area contributed by atoms with Crippen molar-refractivity contribution in [3.05, 3.63) is 65.7 Å². The molecule has 2 unspecified atom stereocenters. The summed E-state index contributed by atoms with van der Waals surface area (Å²) in [6.07, 6.45) is 5.90. The Labute approximate surface area is 302 Å². The lowest BCUT2D eigenvalue weighted by atomic mass is 10.0. The summed E-state index contributed by atoms with van der Waals surface area (Å²) < 4.78 is 35.4. The van der Waals surface area contributed by atoms with Crippen molar-refractivity contribution in [1.82, 2.24) is 31.5 Å². The highest BCUT2D eigenvalue weighted by Crippen LogP contribution is 2.15. The van der Waals surface area contributed by atoms with E-state index < -0.39 is 77.7 Å². The van der Waals surface area contributed by atoms with Crippen molar-refractivity contribution in [2.24, 2.45) is 5.92 Å². The van der Waals surface area contributed by atoms with Crippen LogP contribution in [0.5, 0.6) is 0 Å². The summed E-state index contributed by atoms with van der Waals surface area (Å²) in [4.78, 5) is 76.6. The molecule has 3 rings (SSSR count). The maximum Gasteiger partial charge on any atom is 0.296 e. The number of morpholine rings is 1. The van der Waals surface area contributed by atoms with Gasteiger partial charge >= 0.3 is 0 Å². The minimum Gasteiger partial charge on any atom is -0.379 e. The fourth-order valence-corrected chi connectivity index (χ4v) is 5.73.